The molecule has 0 spiro atoms. The molecule has 0 aromatic heterocycles. The van der Waals surface area contributed by atoms with E-state index in [0.29, 0.717) is 19.0 Å². The van der Waals surface area contributed by atoms with Gasteiger partial charge in [0.05, 0.1) is 0 Å². The van der Waals surface area contributed by atoms with Crippen LogP contribution in [-0.2, 0) is 6.42 Å². The lowest BCUT2D eigenvalue weighted by molar-refractivity contribution is 0.167. The molecule has 1 saturated heterocycles. The van der Waals surface area contributed by atoms with Gasteiger partial charge in [0.2, 0.25) is 0 Å². The maximum absolute atomic E-state index is 13.5. The van der Waals surface area contributed by atoms with Gasteiger partial charge in [-0.15, -0.1) is 0 Å². The third kappa shape index (κ3) is 5.95. The minimum Gasteiger partial charge on any atom is -0.325 e. The SMILES string of the molecule is O=C(Nc1ccccc1)N1CCC(C(NCCc2ccccc2)c2ccc(F)cc2)CC1. The predicted octanol–water partition coefficient (Wildman–Crippen LogP) is 5.64. The van der Waals surface area contributed by atoms with Crippen LogP contribution in [0.2, 0.25) is 0 Å². The van der Waals surface area contributed by atoms with Gasteiger partial charge in [-0.1, -0.05) is 60.7 Å². The van der Waals surface area contributed by atoms with Crippen molar-refractivity contribution in [2.45, 2.75) is 25.3 Å². The molecule has 1 aliphatic rings. The second kappa shape index (κ2) is 10.9. The summed E-state index contributed by atoms with van der Waals surface area (Å²) in [5, 5.41) is 6.69. The molecule has 1 atom stereocenters. The lowest BCUT2D eigenvalue weighted by Gasteiger charge is -2.37. The number of carbonyl (C=O) groups excluding carboxylic acids is 1. The summed E-state index contributed by atoms with van der Waals surface area (Å²) in [6.07, 6.45) is 2.75. The number of nitrogens with one attached hydrogen (secondary N) is 2. The van der Waals surface area contributed by atoms with Crippen LogP contribution in [0.5, 0.6) is 0 Å². The largest absolute Gasteiger partial charge is 0.325 e. The van der Waals surface area contributed by atoms with E-state index in [0.717, 1.165) is 37.1 Å². The summed E-state index contributed by atoms with van der Waals surface area (Å²) in [5.41, 5.74) is 3.21. The molecule has 166 valence electrons. The highest BCUT2D eigenvalue weighted by molar-refractivity contribution is 5.89. The van der Waals surface area contributed by atoms with E-state index in [9.17, 15) is 9.18 Å². The number of anilines is 1. The Balaban J connectivity index is 1.37. The number of carbonyl (C=O) groups is 1. The third-order valence-corrected chi connectivity index (χ3v) is 6.17. The van der Waals surface area contributed by atoms with Crippen LogP contribution in [0.1, 0.15) is 30.0 Å². The lowest BCUT2D eigenvalue weighted by atomic mass is 9.85. The van der Waals surface area contributed by atoms with E-state index in [4.69, 9.17) is 0 Å². The van der Waals surface area contributed by atoms with E-state index in [1.54, 1.807) is 0 Å². The van der Waals surface area contributed by atoms with Crippen molar-refractivity contribution in [2.75, 3.05) is 25.0 Å². The van der Waals surface area contributed by atoms with E-state index in [2.05, 4.69) is 34.9 Å². The highest BCUT2D eigenvalue weighted by atomic mass is 19.1. The van der Waals surface area contributed by atoms with Gasteiger partial charge in [0.1, 0.15) is 5.82 Å². The topological polar surface area (TPSA) is 44.4 Å². The minimum atomic E-state index is -0.218. The smallest absolute Gasteiger partial charge is 0.321 e. The fourth-order valence-corrected chi connectivity index (χ4v) is 4.40. The number of halogens is 1. The fourth-order valence-electron chi connectivity index (χ4n) is 4.40. The molecule has 1 unspecified atom stereocenters. The van der Waals surface area contributed by atoms with E-state index in [-0.39, 0.29) is 17.9 Å². The Morgan fingerprint density at radius 3 is 2.19 bits per heavy atom. The van der Waals surface area contributed by atoms with Gasteiger partial charge < -0.3 is 15.5 Å². The zero-order chi connectivity index (χ0) is 22.2. The van der Waals surface area contributed by atoms with Crippen LogP contribution in [0.15, 0.2) is 84.9 Å². The molecule has 1 heterocycles. The number of para-hydroxylation sites is 1. The summed E-state index contributed by atoms with van der Waals surface area (Å²) in [5.74, 6) is 0.168. The molecular formula is C27H30FN3O. The van der Waals surface area contributed by atoms with Gasteiger partial charge in [-0.25, -0.2) is 9.18 Å². The van der Waals surface area contributed by atoms with Crippen LogP contribution in [-0.4, -0.2) is 30.6 Å². The van der Waals surface area contributed by atoms with Crippen molar-refractivity contribution in [3.8, 4) is 0 Å². The van der Waals surface area contributed by atoms with E-state index >= 15 is 0 Å². The Morgan fingerprint density at radius 2 is 1.53 bits per heavy atom. The van der Waals surface area contributed by atoms with Crippen molar-refractivity contribution in [3.63, 3.8) is 0 Å². The number of hydrogen-bond donors (Lipinski definition) is 2. The van der Waals surface area contributed by atoms with Crippen molar-refractivity contribution in [2.24, 2.45) is 5.92 Å². The van der Waals surface area contributed by atoms with Crippen LogP contribution in [0.25, 0.3) is 0 Å². The number of piperidine rings is 1. The summed E-state index contributed by atoms with van der Waals surface area (Å²) in [6, 6.07) is 26.9. The lowest BCUT2D eigenvalue weighted by Crippen LogP contribution is -2.44. The quantitative estimate of drug-likeness (QED) is 0.508. The first-order valence-corrected chi connectivity index (χ1v) is 11.3. The Bertz CT molecular complexity index is 971. The molecule has 32 heavy (non-hydrogen) atoms. The molecule has 1 fully saturated rings. The summed E-state index contributed by atoms with van der Waals surface area (Å²) in [7, 11) is 0. The van der Waals surface area contributed by atoms with Crippen LogP contribution in [0.3, 0.4) is 0 Å². The molecule has 2 N–H and O–H groups in total. The average Bonchev–Trinajstić information content (AvgIpc) is 2.84. The predicted molar refractivity (Wildman–Crippen MR) is 127 cm³/mol. The Hall–Kier alpha value is -3.18. The van der Waals surface area contributed by atoms with Gasteiger partial charge in [0.25, 0.3) is 0 Å². The molecular weight excluding hydrogens is 401 g/mol. The second-order valence-electron chi connectivity index (χ2n) is 8.34. The summed E-state index contributed by atoms with van der Waals surface area (Å²) < 4.78 is 13.5. The van der Waals surface area contributed by atoms with Crippen molar-refractivity contribution < 1.29 is 9.18 Å². The van der Waals surface area contributed by atoms with Crippen molar-refractivity contribution >= 4 is 11.7 Å². The van der Waals surface area contributed by atoms with Gasteiger partial charge in [0.15, 0.2) is 0 Å². The zero-order valence-electron chi connectivity index (χ0n) is 18.2. The molecule has 0 bridgehead atoms. The van der Waals surface area contributed by atoms with E-state index in [1.165, 1.54) is 17.7 Å². The molecule has 0 radical (unpaired) electrons. The van der Waals surface area contributed by atoms with Crippen molar-refractivity contribution in [3.05, 3.63) is 102 Å². The first-order chi connectivity index (χ1) is 15.7. The van der Waals surface area contributed by atoms with E-state index in [1.807, 2.05) is 53.4 Å². The Labute approximate surface area is 189 Å². The Kier molecular flexibility index (Phi) is 7.51. The molecule has 3 aromatic carbocycles. The van der Waals surface area contributed by atoms with Gasteiger partial charge in [-0.2, -0.15) is 0 Å². The van der Waals surface area contributed by atoms with Gasteiger partial charge in [-0.3, -0.25) is 0 Å². The number of nitrogens with zero attached hydrogens (tertiary/aromatic N) is 1. The molecule has 0 saturated carbocycles. The van der Waals surface area contributed by atoms with Crippen LogP contribution in [0.4, 0.5) is 14.9 Å². The number of benzene rings is 3. The second-order valence-corrected chi connectivity index (χ2v) is 8.34. The summed E-state index contributed by atoms with van der Waals surface area (Å²) in [4.78, 5) is 14.5. The van der Waals surface area contributed by atoms with Gasteiger partial charge in [0, 0.05) is 24.8 Å². The zero-order valence-corrected chi connectivity index (χ0v) is 18.2. The molecule has 5 heteroatoms. The van der Waals surface area contributed by atoms with Crippen LogP contribution < -0.4 is 10.6 Å². The van der Waals surface area contributed by atoms with Gasteiger partial charge in [-0.05, 0) is 67.1 Å². The number of urea groups is 1. The first kappa shape index (κ1) is 22.0. The monoisotopic (exact) mass is 431 g/mol. The first-order valence-electron chi connectivity index (χ1n) is 11.3. The highest BCUT2D eigenvalue weighted by Gasteiger charge is 2.29. The Morgan fingerprint density at radius 1 is 0.906 bits per heavy atom. The molecule has 4 nitrogen and oxygen atoms in total. The average molecular weight is 432 g/mol. The summed E-state index contributed by atoms with van der Waals surface area (Å²) in [6.45, 7) is 2.27. The van der Waals surface area contributed by atoms with Crippen molar-refractivity contribution in [1.82, 2.24) is 10.2 Å². The molecule has 2 amide bonds. The van der Waals surface area contributed by atoms with Gasteiger partial charge >= 0.3 is 6.03 Å². The fraction of sp³-hybridized carbons (Fsp3) is 0.296. The number of hydrogen-bond acceptors (Lipinski definition) is 2. The highest BCUT2D eigenvalue weighted by Crippen LogP contribution is 2.31. The third-order valence-electron chi connectivity index (χ3n) is 6.17. The van der Waals surface area contributed by atoms with Crippen LogP contribution in [0, 0.1) is 11.7 Å². The van der Waals surface area contributed by atoms with Crippen LogP contribution >= 0.6 is 0 Å². The maximum atomic E-state index is 13.5. The maximum Gasteiger partial charge on any atom is 0.321 e. The molecule has 1 aliphatic heterocycles. The number of rotatable bonds is 7. The van der Waals surface area contributed by atoms with E-state index < -0.39 is 0 Å². The summed E-state index contributed by atoms with van der Waals surface area (Å²) >= 11 is 0. The minimum absolute atomic E-state index is 0.0509. The molecule has 0 aliphatic carbocycles. The van der Waals surface area contributed by atoms with Crippen molar-refractivity contribution in [1.29, 1.82) is 0 Å². The standard InChI is InChI=1S/C27H30FN3O/c28-24-13-11-22(12-14-24)26(29-18-15-21-7-3-1-4-8-21)23-16-19-31(20-17-23)27(32)30-25-9-5-2-6-10-25/h1-14,23,26,29H,15-20H2,(H,30,32). The number of likely N-dealkylation sites (tertiary alicyclic amines) is 1. The number of amides is 2. The molecule has 4 rings (SSSR count). The molecule has 3 aromatic rings. The normalized spacial score (nSPS) is 15.3.